The van der Waals surface area contributed by atoms with Crippen molar-refractivity contribution in [3.05, 3.63) is 71.9 Å². The summed E-state index contributed by atoms with van der Waals surface area (Å²) in [5, 5.41) is 12.7. The summed E-state index contributed by atoms with van der Waals surface area (Å²) in [4.78, 5) is 28.1. The number of anilines is 4. The molecule has 0 saturated carbocycles. The van der Waals surface area contributed by atoms with Crippen LogP contribution in [0.4, 0.5) is 27.7 Å². The lowest BCUT2D eigenvalue weighted by Crippen LogP contribution is -2.19. The Kier molecular flexibility index (Phi) is 5.97. The molecule has 0 radical (unpaired) electrons. The Morgan fingerprint density at radius 1 is 1.06 bits per heavy atom. The third kappa shape index (κ3) is 4.78. The van der Waals surface area contributed by atoms with E-state index in [0.29, 0.717) is 28.2 Å². The number of carbonyl (C=O) groups excluding carboxylic acids is 2. The van der Waals surface area contributed by atoms with Crippen LogP contribution in [-0.4, -0.2) is 22.1 Å². The monoisotopic (exact) mass is 462 g/mol. The molecule has 0 aliphatic carbocycles. The van der Waals surface area contributed by atoms with Crippen molar-refractivity contribution in [1.29, 1.82) is 0 Å². The fourth-order valence-corrected chi connectivity index (χ4v) is 3.46. The highest BCUT2D eigenvalue weighted by molar-refractivity contribution is 6.34. The van der Waals surface area contributed by atoms with E-state index in [1.54, 1.807) is 24.3 Å². The number of hydrogen-bond donors (Lipinski definition) is 4. The maximum absolute atomic E-state index is 12.4. The number of nitrogen functional groups attached to an aromatic ring is 1. The van der Waals surface area contributed by atoms with Crippen molar-refractivity contribution in [1.82, 2.24) is 10.1 Å². The first kappa shape index (κ1) is 21.8. The minimum Gasteiger partial charge on any atom is -0.380 e. The van der Waals surface area contributed by atoms with Crippen LogP contribution in [0.3, 0.4) is 0 Å². The highest BCUT2D eigenvalue weighted by atomic mass is 35.5. The predicted octanol–water partition coefficient (Wildman–Crippen LogP) is 5.20. The van der Waals surface area contributed by atoms with Gasteiger partial charge in [-0.2, -0.15) is 0 Å². The van der Waals surface area contributed by atoms with Crippen molar-refractivity contribution in [3.8, 4) is 11.1 Å². The molecule has 5 N–H and O–H groups in total. The molecule has 33 heavy (non-hydrogen) atoms. The van der Waals surface area contributed by atoms with Gasteiger partial charge in [-0.25, -0.2) is 9.78 Å². The number of pyridine rings is 1. The Hall–Kier alpha value is -4.37. The summed E-state index contributed by atoms with van der Waals surface area (Å²) in [5.74, 6) is -0.0941. The maximum Gasteiger partial charge on any atom is 0.323 e. The van der Waals surface area contributed by atoms with E-state index in [-0.39, 0.29) is 16.7 Å². The highest BCUT2D eigenvalue weighted by Gasteiger charge is 2.15. The van der Waals surface area contributed by atoms with Gasteiger partial charge < -0.3 is 26.2 Å². The van der Waals surface area contributed by atoms with Crippen LogP contribution in [0.15, 0.2) is 65.7 Å². The number of nitrogens with zero attached hydrogens (tertiary/aromatic N) is 2. The van der Waals surface area contributed by atoms with Crippen LogP contribution in [0.1, 0.15) is 5.69 Å². The van der Waals surface area contributed by atoms with E-state index in [9.17, 15) is 9.59 Å². The number of aromatic nitrogens is 2. The van der Waals surface area contributed by atoms with Gasteiger partial charge in [-0.3, -0.25) is 4.79 Å². The average Bonchev–Trinajstić information content (AvgIpc) is 3.16. The fraction of sp³-hybridized carbons (Fsp3) is 0.0435. The zero-order chi connectivity index (χ0) is 23.5. The number of nitrogens with one attached hydrogen (secondary N) is 3. The third-order valence-electron chi connectivity index (χ3n) is 4.72. The molecule has 0 saturated heterocycles. The lowest BCUT2D eigenvalue weighted by atomic mass is 10.0. The first-order valence-corrected chi connectivity index (χ1v) is 10.2. The van der Waals surface area contributed by atoms with E-state index in [2.05, 4.69) is 32.7 Å². The van der Waals surface area contributed by atoms with Crippen molar-refractivity contribution in [3.63, 3.8) is 0 Å². The van der Waals surface area contributed by atoms with Crippen molar-refractivity contribution < 1.29 is 14.1 Å². The van der Waals surface area contributed by atoms with Gasteiger partial charge in [0.1, 0.15) is 0 Å². The number of fused-ring (bicyclic) bond motifs is 1. The summed E-state index contributed by atoms with van der Waals surface area (Å²) in [6.07, 6.45) is 1.15. The second kappa shape index (κ2) is 9.01. The van der Waals surface area contributed by atoms with Crippen molar-refractivity contribution >= 4 is 57.5 Å². The molecule has 9 nitrogen and oxygen atoms in total. The van der Waals surface area contributed by atoms with Gasteiger partial charge in [-0.05, 0) is 55.0 Å². The summed E-state index contributed by atoms with van der Waals surface area (Å²) in [5.41, 5.74) is 10.2. The van der Waals surface area contributed by atoms with Crippen LogP contribution >= 0.6 is 11.6 Å². The zero-order valence-corrected chi connectivity index (χ0v) is 18.2. The highest BCUT2D eigenvalue weighted by Crippen LogP contribution is 2.33. The molecule has 10 heteroatoms. The van der Waals surface area contributed by atoms with Gasteiger partial charge in [0, 0.05) is 22.6 Å². The predicted molar refractivity (Wildman–Crippen MR) is 129 cm³/mol. The molecule has 0 spiro atoms. The molecule has 0 fully saturated rings. The number of nitrogens with two attached hydrogens (primary N) is 1. The summed E-state index contributed by atoms with van der Waals surface area (Å²) in [7, 11) is 0. The lowest BCUT2D eigenvalue weighted by molar-refractivity contribution is -0.111. The first-order chi connectivity index (χ1) is 15.8. The topological polar surface area (TPSA) is 135 Å². The normalized spacial score (nSPS) is 10.6. The second-order valence-corrected chi connectivity index (χ2v) is 7.51. The molecule has 166 valence electrons. The lowest BCUT2D eigenvalue weighted by Gasteiger charge is -2.11. The molecule has 2 aromatic heterocycles. The number of amides is 3. The number of hydrogen-bond acceptors (Lipinski definition) is 6. The second-order valence-electron chi connectivity index (χ2n) is 7.10. The van der Waals surface area contributed by atoms with E-state index in [1.807, 2.05) is 25.1 Å². The molecular formula is C23H19ClN6O3. The Labute approximate surface area is 193 Å². The summed E-state index contributed by atoms with van der Waals surface area (Å²) < 4.78 is 5.18. The van der Waals surface area contributed by atoms with Crippen molar-refractivity contribution in [2.75, 3.05) is 21.7 Å². The van der Waals surface area contributed by atoms with Gasteiger partial charge in [-0.1, -0.05) is 35.5 Å². The summed E-state index contributed by atoms with van der Waals surface area (Å²) >= 11 is 6.21. The molecule has 0 atom stereocenters. The maximum atomic E-state index is 12.4. The van der Waals surface area contributed by atoms with E-state index in [4.69, 9.17) is 21.9 Å². The number of halogens is 1. The standard InChI is InChI=1S/C23H19ClN6O3/c1-3-19(31)27-15-8-9-18(17(24)11-15)29-23(32)28-14-6-4-13(5-7-14)16-10-12(2)26-22-20(16)21(25)30-33-22/h3-11H,1H2,2H3,(H2,25,30)(H,27,31)(H2,28,29,32). The average molecular weight is 463 g/mol. The van der Waals surface area contributed by atoms with E-state index in [0.717, 1.165) is 22.9 Å². The van der Waals surface area contributed by atoms with Gasteiger partial charge in [-0.15, -0.1) is 0 Å². The number of aryl methyl sites for hydroxylation is 1. The molecule has 2 aromatic carbocycles. The zero-order valence-electron chi connectivity index (χ0n) is 17.5. The molecule has 0 bridgehead atoms. The smallest absolute Gasteiger partial charge is 0.323 e. The van der Waals surface area contributed by atoms with Gasteiger partial charge in [0.2, 0.25) is 5.91 Å². The number of benzene rings is 2. The number of urea groups is 1. The van der Waals surface area contributed by atoms with Crippen LogP contribution in [-0.2, 0) is 4.79 Å². The molecule has 0 unspecified atom stereocenters. The van der Waals surface area contributed by atoms with Crippen LogP contribution < -0.4 is 21.7 Å². The molecule has 0 aliphatic heterocycles. The van der Waals surface area contributed by atoms with Crippen molar-refractivity contribution in [2.45, 2.75) is 6.92 Å². The number of rotatable bonds is 5. The quantitative estimate of drug-likeness (QED) is 0.301. The minimum atomic E-state index is -0.474. The van der Waals surface area contributed by atoms with E-state index in [1.165, 1.54) is 6.07 Å². The van der Waals surface area contributed by atoms with Crippen LogP contribution in [0.2, 0.25) is 5.02 Å². The molecule has 0 aliphatic rings. The molecule has 4 aromatic rings. The largest absolute Gasteiger partial charge is 0.380 e. The van der Waals surface area contributed by atoms with Crippen LogP contribution in [0.5, 0.6) is 0 Å². The Morgan fingerprint density at radius 3 is 2.48 bits per heavy atom. The van der Waals surface area contributed by atoms with E-state index >= 15 is 0 Å². The molecule has 2 heterocycles. The van der Waals surface area contributed by atoms with Crippen molar-refractivity contribution in [2.24, 2.45) is 0 Å². The van der Waals surface area contributed by atoms with Crippen LogP contribution in [0.25, 0.3) is 22.2 Å². The third-order valence-corrected chi connectivity index (χ3v) is 5.04. The Balaban J connectivity index is 1.47. The van der Waals surface area contributed by atoms with Gasteiger partial charge in [0.25, 0.3) is 5.71 Å². The molecule has 4 rings (SSSR count). The SMILES string of the molecule is C=CC(=O)Nc1ccc(NC(=O)Nc2ccc(-c3cc(C)nc4onc(N)c34)cc2)c(Cl)c1. The minimum absolute atomic E-state index is 0.265. The number of carbonyl (C=O) groups is 2. The summed E-state index contributed by atoms with van der Waals surface area (Å²) in [6.45, 7) is 5.25. The molecule has 3 amide bonds. The van der Waals surface area contributed by atoms with Gasteiger partial charge in [0.05, 0.1) is 16.1 Å². The Bertz CT molecular complexity index is 1380. The van der Waals surface area contributed by atoms with Gasteiger partial charge >= 0.3 is 6.03 Å². The fourth-order valence-electron chi connectivity index (χ4n) is 3.23. The summed E-state index contributed by atoms with van der Waals surface area (Å²) in [6, 6.07) is 13.4. The molecular weight excluding hydrogens is 444 g/mol. The first-order valence-electron chi connectivity index (χ1n) is 9.78. The van der Waals surface area contributed by atoms with Gasteiger partial charge in [0.15, 0.2) is 5.82 Å². The van der Waals surface area contributed by atoms with Crippen LogP contribution in [0, 0.1) is 6.92 Å². The Morgan fingerprint density at radius 2 is 1.79 bits per heavy atom. The van der Waals surface area contributed by atoms with E-state index < -0.39 is 6.03 Å².